The molecule has 7 rings (SSSR count). The average molecular weight is 907 g/mol. The molecule has 0 atom stereocenters. The number of fused-ring (bicyclic) bond motifs is 3. The van der Waals surface area contributed by atoms with Gasteiger partial charge in [0.2, 0.25) is 0 Å². The second-order valence-corrected chi connectivity index (χ2v) is 15.3. The molecule has 61 heavy (non-hydrogen) atoms. The number of hydrogen-bond donors (Lipinski definition) is 1. The summed E-state index contributed by atoms with van der Waals surface area (Å²) in [6.45, 7) is 1.89. The average Bonchev–Trinajstić information content (AvgIpc) is 3.18. The molecule has 7 aromatic rings. The fourth-order valence-electron chi connectivity index (χ4n) is 5.99. The van der Waals surface area contributed by atoms with Crippen molar-refractivity contribution in [3.05, 3.63) is 121 Å². The molecular weight excluding hydrogens is 880 g/mol. The van der Waals surface area contributed by atoms with Crippen LogP contribution in [0.15, 0.2) is 156 Å². The molecule has 2 N–H and O–H groups in total. The molecule has 0 aliphatic carbocycles. The molecule has 23 heteroatoms. The summed E-state index contributed by atoms with van der Waals surface area (Å²) in [5.41, 5.74) is 9.91. The summed E-state index contributed by atoms with van der Waals surface area (Å²) in [5, 5.41) is 29.0. The molecule has 0 unspecified atom stereocenters. The van der Waals surface area contributed by atoms with Gasteiger partial charge >= 0.3 is 88.7 Å². The molecule has 7 aromatic carbocycles. The number of anilines is 1. The van der Waals surface area contributed by atoms with E-state index in [1.165, 1.54) is 25.3 Å². The van der Waals surface area contributed by atoms with Gasteiger partial charge in [0.1, 0.15) is 26.0 Å². The van der Waals surface area contributed by atoms with Crippen molar-refractivity contribution in [1.82, 2.24) is 0 Å². The Hall–Kier alpha value is -3.39. The predicted octanol–water partition coefficient (Wildman–Crippen LogP) is 0.108. The van der Waals surface area contributed by atoms with Crippen LogP contribution < -0.4 is 99.1 Å². The topological polar surface area (TPSA) is 287 Å². The Morgan fingerprint density at radius 1 is 0.525 bits per heavy atom. The minimum Gasteiger partial charge on any atom is -0.784 e. The third-order valence-electron chi connectivity index (χ3n) is 8.55. The molecule has 0 heterocycles. The van der Waals surface area contributed by atoms with E-state index in [1.54, 1.807) is 48.5 Å². The summed E-state index contributed by atoms with van der Waals surface area (Å²) in [5.74, 6) is 0.505. The maximum Gasteiger partial charge on any atom is 1.00 e. The van der Waals surface area contributed by atoms with Gasteiger partial charge in [0.05, 0.1) is 56.7 Å². The van der Waals surface area contributed by atoms with Gasteiger partial charge in [-0.25, -0.2) is 16.8 Å². The molecule has 0 spiro atoms. The number of hydrogen-bond acceptors (Lipinski definition) is 17. The van der Waals surface area contributed by atoms with Crippen LogP contribution in [0, 0.1) is 6.92 Å². The summed E-state index contributed by atoms with van der Waals surface area (Å²) in [4.78, 5) is -1.43. The Balaban J connectivity index is 0.00000136. The van der Waals surface area contributed by atoms with Gasteiger partial charge in [-0.1, -0.05) is 60.7 Å². The normalized spacial score (nSPS) is 11.7. The van der Waals surface area contributed by atoms with Gasteiger partial charge in [-0.3, -0.25) is 4.21 Å². The molecule has 0 amide bonds. The smallest absolute Gasteiger partial charge is 0.784 e. The molecule has 0 aliphatic rings. The fraction of sp³-hybridized carbons (Fsp3) is 0.0526. The molecular formula is C38H27N7Na3O10S3-. The first-order valence-electron chi connectivity index (χ1n) is 16.5. The van der Waals surface area contributed by atoms with Crippen molar-refractivity contribution in [3.8, 4) is 5.75 Å². The van der Waals surface area contributed by atoms with E-state index in [2.05, 4.69) is 30.7 Å². The third-order valence-corrected chi connectivity index (χ3v) is 10.3. The second-order valence-electron chi connectivity index (χ2n) is 12.2. The zero-order valence-electron chi connectivity index (χ0n) is 33.0. The minimum absolute atomic E-state index is 0. The van der Waals surface area contributed by atoms with Gasteiger partial charge in [-0.15, -0.1) is 31.8 Å². The predicted molar refractivity (Wildman–Crippen MR) is 212 cm³/mol. The molecule has 0 aliphatic heterocycles. The number of nitrogens with zero attached hydrogens (tertiary/aromatic N) is 6. The van der Waals surface area contributed by atoms with Crippen molar-refractivity contribution >= 4 is 104 Å². The summed E-state index contributed by atoms with van der Waals surface area (Å²) in [7, 11) is -8.58. The zero-order valence-corrected chi connectivity index (χ0v) is 41.5. The maximum atomic E-state index is 12.1. The number of methoxy groups -OCH3 is 1. The number of nitrogens with two attached hydrogens (primary N) is 1. The first-order valence-corrected chi connectivity index (χ1v) is 20.3. The molecule has 0 aromatic heterocycles. The number of aryl methyl sites for hydroxylation is 1. The zero-order chi connectivity index (χ0) is 41.8. The monoisotopic (exact) mass is 906 g/mol. The van der Waals surface area contributed by atoms with Crippen molar-refractivity contribution < 1.29 is 133 Å². The molecule has 0 saturated heterocycles. The van der Waals surface area contributed by atoms with Crippen LogP contribution in [0.5, 0.6) is 5.75 Å². The molecule has 0 bridgehead atoms. The molecule has 296 valence electrons. The Morgan fingerprint density at radius 2 is 0.918 bits per heavy atom. The van der Waals surface area contributed by atoms with E-state index in [1.807, 2.05) is 43.3 Å². The van der Waals surface area contributed by atoms with E-state index in [9.17, 15) is 25.9 Å². The quantitative estimate of drug-likeness (QED) is 0.0667. The van der Waals surface area contributed by atoms with Gasteiger partial charge < -0.3 is 28.7 Å². The summed E-state index contributed by atoms with van der Waals surface area (Å²) < 4.78 is 103. The van der Waals surface area contributed by atoms with Crippen LogP contribution in [0.2, 0.25) is 0 Å². The van der Waals surface area contributed by atoms with Gasteiger partial charge in [-0.2, -0.15) is 10.2 Å². The summed E-state index contributed by atoms with van der Waals surface area (Å²) in [6, 6.07) is 30.9. The van der Waals surface area contributed by atoms with Gasteiger partial charge in [0.15, 0.2) is 0 Å². The minimum atomic E-state index is -5.09. The standard InChI is InChI=1S/C38H29N7O7S2.3Na.H2O3S/c1-22-18-30(39)36(52-2)21-35(22)45-44-34-17-16-33(26-10-5-6-11-27(26)34)43-42-32-15-14-31(24-8-3-4-9-25(24)32)41-40-23-19-29-28(38(20-23)54(49,50)51)12-7-13-37(29)53(46,47)48;;;;1-4(2)3/h3-21H,39H2,1-2H3,(H,46,47,48)(H,49,50,51);;;;(H2,1,2,3)/q;3*+1;/p-4. The number of nitrogen functional groups attached to an aromatic ring is 1. The number of benzene rings is 7. The van der Waals surface area contributed by atoms with Crippen LogP contribution in [-0.2, 0) is 31.6 Å². The maximum absolute atomic E-state index is 12.1. The third kappa shape index (κ3) is 12.6. The van der Waals surface area contributed by atoms with E-state index in [0.717, 1.165) is 28.5 Å². The number of rotatable bonds is 9. The number of ether oxygens (including phenoxy) is 1. The van der Waals surface area contributed by atoms with Gasteiger partial charge in [-0.05, 0) is 61.0 Å². The van der Waals surface area contributed by atoms with E-state index < -0.39 is 41.4 Å². The van der Waals surface area contributed by atoms with E-state index in [-0.39, 0.29) is 105 Å². The van der Waals surface area contributed by atoms with Crippen LogP contribution in [-0.4, -0.2) is 46.4 Å². The van der Waals surface area contributed by atoms with Gasteiger partial charge in [0, 0.05) is 38.4 Å². The SMILES string of the molecule is COc1cc(N=Nc2ccc(N=Nc3ccc(N=Nc4cc(S(=O)(=O)[O-])c5cccc(S(=O)(=O)[O-])c5c4)c4ccccc34)c3ccccc23)c(C)cc1N.O=S([O-])[O-].[Na+].[Na+].[Na+]. The number of azo groups is 3. The Bertz CT molecular complexity index is 3100. The van der Waals surface area contributed by atoms with Crippen molar-refractivity contribution in [2.45, 2.75) is 16.7 Å². The Morgan fingerprint density at radius 3 is 1.33 bits per heavy atom. The molecule has 0 saturated carbocycles. The summed E-state index contributed by atoms with van der Waals surface area (Å²) in [6.07, 6.45) is 0. The van der Waals surface area contributed by atoms with Crippen LogP contribution in [0.4, 0.5) is 39.8 Å². The Labute approximate surface area is 418 Å². The summed E-state index contributed by atoms with van der Waals surface area (Å²) >= 11 is -3.11. The first kappa shape index (κ1) is 52.0. The first-order chi connectivity index (χ1) is 27.5. The largest absolute Gasteiger partial charge is 1.00 e. The second kappa shape index (κ2) is 22.3. The van der Waals surface area contributed by atoms with E-state index >= 15 is 0 Å². The van der Waals surface area contributed by atoms with Crippen LogP contribution in [0.3, 0.4) is 0 Å². The van der Waals surface area contributed by atoms with E-state index in [0.29, 0.717) is 50.6 Å². The van der Waals surface area contributed by atoms with Crippen molar-refractivity contribution in [1.29, 1.82) is 0 Å². The molecule has 0 fully saturated rings. The molecule has 0 radical (unpaired) electrons. The van der Waals surface area contributed by atoms with Crippen LogP contribution >= 0.6 is 0 Å². The van der Waals surface area contributed by atoms with Gasteiger partial charge in [0.25, 0.3) is 0 Å². The van der Waals surface area contributed by atoms with Crippen LogP contribution in [0.1, 0.15) is 5.56 Å². The fourth-order valence-corrected chi connectivity index (χ4v) is 7.38. The van der Waals surface area contributed by atoms with E-state index in [4.69, 9.17) is 23.8 Å². The van der Waals surface area contributed by atoms with Crippen molar-refractivity contribution in [3.63, 3.8) is 0 Å². The van der Waals surface area contributed by atoms with Crippen molar-refractivity contribution in [2.75, 3.05) is 12.8 Å². The Kier molecular flexibility index (Phi) is 19.0. The van der Waals surface area contributed by atoms with Crippen LogP contribution in [0.25, 0.3) is 32.3 Å². The molecule has 17 nitrogen and oxygen atoms in total. The van der Waals surface area contributed by atoms with Crippen molar-refractivity contribution in [2.24, 2.45) is 30.7 Å².